The van der Waals surface area contributed by atoms with Crippen LogP contribution in [0.5, 0.6) is 0 Å². The number of nitrogens with zero attached hydrogens (tertiary/aromatic N) is 5. The van der Waals surface area contributed by atoms with E-state index in [0.29, 0.717) is 11.5 Å². The van der Waals surface area contributed by atoms with Crippen molar-refractivity contribution >= 4 is 23.3 Å². The topological polar surface area (TPSA) is 105 Å². The molecule has 1 atom stereocenters. The van der Waals surface area contributed by atoms with Crippen LogP contribution in [-0.4, -0.2) is 37.9 Å². The second-order valence-corrected chi connectivity index (χ2v) is 8.95. The zero-order chi connectivity index (χ0) is 23.0. The Labute approximate surface area is 185 Å². The minimum Gasteiger partial charge on any atom is -0.349 e. The van der Waals surface area contributed by atoms with Crippen molar-refractivity contribution in [3.8, 4) is 0 Å². The SMILES string of the molecule is Cc1ncc(F)cc1C1CCCN1c1ccn2ncc(C(=O)NNC(=O)C(C)(C)C)c2n1. The predicted molar refractivity (Wildman–Crippen MR) is 116 cm³/mol. The normalized spacial score (nSPS) is 16.4. The smallest absolute Gasteiger partial charge is 0.275 e. The number of carbonyl (C=O) groups is 2. The number of amides is 2. The molecule has 1 unspecified atom stereocenters. The van der Waals surface area contributed by atoms with E-state index in [1.54, 1.807) is 27.0 Å². The molecule has 3 aromatic rings. The van der Waals surface area contributed by atoms with Crippen LogP contribution in [0.3, 0.4) is 0 Å². The molecule has 9 nitrogen and oxygen atoms in total. The highest BCUT2D eigenvalue weighted by molar-refractivity contribution is 6.00. The number of carbonyl (C=O) groups excluding carboxylic acids is 2. The first-order valence-electron chi connectivity index (χ1n) is 10.5. The summed E-state index contributed by atoms with van der Waals surface area (Å²) in [5.74, 6) is -0.523. The summed E-state index contributed by atoms with van der Waals surface area (Å²) >= 11 is 0. The third-order valence-corrected chi connectivity index (χ3v) is 5.57. The third kappa shape index (κ3) is 4.12. The van der Waals surface area contributed by atoms with Gasteiger partial charge in [-0.1, -0.05) is 20.8 Å². The monoisotopic (exact) mass is 439 g/mol. The standard InChI is InChI=1S/C22H26FN7O2/c1-13-15(10-14(23)11-24-13)17-6-5-8-29(17)18-7-9-30-19(26-18)16(12-25-30)20(31)27-28-21(32)22(2,3)4/h7,9-12,17H,5-6,8H2,1-4H3,(H,27,31)(H,28,32). The van der Waals surface area contributed by atoms with Crippen LogP contribution in [-0.2, 0) is 4.79 Å². The quantitative estimate of drug-likeness (QED) is 0.608. The van der Waals surface area contributed by atoms with Gasteiger partial charge in [0.1, 0.15) is 17.2 Å². The van der Waals surface area contributed by atoms with Crippen LogP contribution in [0.1, 0.15) is 61.3 Å². The van der Waals surface area contributed by atoms with E-state index in [0.717, 1.165) is 30.6 Å². The molecule has 1 saturated heterocycles. The third-order valence-electron chi connectivity index (χ3n) is 5.57. The van der Waals surface area contributed by atoms with Crippen molar-refractivity contribution in [1.29, 1.82) is 0 Å². The van der Waals surface area contributed by atoms with Gasteiger partial charge in [-0.25, -0.2) is 13.9 Å². The first-order chi connectivity index (χ1) is 15.1. The Kier molecular flexibility index (Phi) is 5.53. The summed E-state index contributed by atoms with van der Waals surface area (Å²) in [7, 11) is 0. The van der Waals surface area contributed by atoms with Crippen molar-refractivity contribution in [2.75, 3.05) is 11.4 Å². The van der Waals surface area contributed by atoms with Crippen molar-refractivity contribution in [3.05, 3.63) is 53.4 Å². The number of hydrazine groups is 1. The van der Waals surface area contributed by atoms with Crippen LogP contribution in [0.2, 0.25) is 0 Å². The Morgan fingerprint density at radius 3 is 2.75 bits per heavy atom. The second-order valence-electron chi connectivity index (χ2n) is 8.95. The molecule has 2 N–H and O–H groups in total. The fourth-order valence-electron chi connectivity index (χ4n) is 3.77. The van der Waals surface area contributed by atoms with Gasteiger partial charge < -0.3 is 4.90 Å². The van der Waals surface area contributed by atoms with E-state index in [4.69, 9.17) is 0 Å². The largest absolute Gasteiger partial charge is 0.349 e. The Hall–Kier alpha value is -3.56. The summed E-state index contributed by atoms with van der Waals surface area (Å²) in [6.07, 6.45) is 6.14. The van der Waals surface area contributed by atoms with E-state index < -0.39 is 11.3 Å². The van der Waals surface area contributed by atoms with E-state index in [1.165, 1.54) is 23.0 Å². The number of fused-ring (bicyclic) bond motifs is 1. The van der Waals surface area contributed by atoms with Crippen LogP contribution in [0.4, 0.5) is 10.2 Å². The van der Waals surface area contributed by atoms with Crippen LogP contribution >= 0.6 is 0 Å². The minimum atomic E-state index is -0.644. The highest BCUT2D eigenvalue weighted by Crippen LogP contribution is 2.36. The van der Waals surface area contributed by atoms with Crippen molar-refractivity contribution in [2.24, 2.45) is 5.41 Å². The van der Waals surface area contributed by atoms with Gasteiger partial charge in [-0.15, -0.1) is 0 Å². The van der Waals surface area contributed by atoms with Gasteiger partial charge in [0.15, 0.2) is 5.65 Å². The molecule has 168 valence electrons. The number of anilines is 1. The van der Waals surface area contributed by atoms with Crippen molar-refractivity contribution < 1.29 is 14.0 Å². The van der Waals surface area contributed by atoms with E-state index in [-0.39, 0.29) is 23.3 Å². The maximum atomic E-state index is 13.9. The number of hydrogen-bond donors (Lipinski definition) is 2. The number of aromatic nitrogens is 4. The van der Waals surface area contributed by atoms with Crippen LogP contribution in [0.15, 0.2) is 30.7 Å². The lowest BCUT2D eigenvalue weighted by molar-refractivity contribution is -0.129. The van der Waals surface area contributed by atoms with Crippen LogP contribution in [0, 0.1) is 18.2 Å². The van der Waals surface area contributed by atoms with Gasteiger partial charge in [0.05, 0.1) is 18.4 Å². The number of aryl methyl sites for hydroxylation is 1. The Bertz CT molecular complexity index is 1180. The minimum absolute atomic E-state index is 0.0561. The highest BCUT2D eigenvalue weighted by Gasteiger charge is 2.30. The van der Waals surface area contributed by atoms with Gasteiger partial charge in [-0.2, -0.15) is 5.10 Å². The molecule has 10 heteroatoms. The summed E-state index contributed by atoms with van der Waals surface area (Å²) in [5, 5.41) is 4.19. The van der Waals surface area contributed by atoms with Crippen LogP contribution < -0.4 is 15.8 Å². The van der Waals surface area contributed by atoms with E-state index in [1.807, 2.05) is 13.0 Å². The molecule has 4 heterocycles. The summed E-state index contributed by atoms with van der Waals surface area (Å²) in [6, 6.07) is 3.29. The molecule has 4 rings (SSSR count). The average Bonchev–Trinajstić information content (AvgIpc) is 3.39. The number of rotatable bonds is 3. The van der Waals surface area contributed by atoms with Gasteiger partial charge in [0.2, 0.25) is 5.91 Å². The van der Waals surface area contributed by atoms with Crippen molar-refractivity contribution in [1.82, 2.24) is 30.4 Å². The van der Waals surface area contributed by atoms with Gasteiger partial charge in [0, 0.05) is 23.9 Å². The van der Waals surface area contributed by atoms with E-state index in [2.05, 4.69) is 30.8 Å². The van der Waals surface area contributed by atoms with Crippen LogP contribution in [0.25, 0.3) is 5.65 Å². The van der Waals surface area contributed by atoms with Crippen molar-refractivity contribution in [2.45, 2.75) is 46.6 Å². The molecule has 1 aliphatic rings. The summed E-state index contributed by atoms with van der Waals surface area (Å²) in [4.78, 5) is 35.7. The summed E-state index contributed by atoms with van der Waals surface area (Å²) < 4.78 is 15.4. The van der Waals surface area contributed by atoms with Gasteiger partial charge >= 0.3 is 0 Å². The molecule has 1 fully saturated rings. The summed E-state index contributed by atoms with van der Waals surface area (Å²) in [6.45, 7) is 7.87. The summed E-state index contributed by atoms with van der Waals surface area (Å²) in [5.41, 5.74) is 6.43. The molecule has 0 aromatic carbocycles. The maximum Gasteiger partial charge on any atom is 0.275 e. The molecule has 0 bridgehead atoms. The highest BCUT2D eigenvalue weighted by atomic mass is 19.1. The molecular formula is C22H26FN7O2. The number of halogens is 1. The molecule has 2 amide bonds. The number of pyridine rings is 1. The zero-order valence-corrected chi connectivity index (χ0v) is 18.5. The first kappa shape index (κ1) is 21.7. The van der Waals surface area contributed by atoms with Gasteiger partial charge in [0.25, 0.3) is 5.91 Å². The second kappa shape index (κ2) is 8.18. The van der Waals surface area contributed by atoms with E-state index in [9.17, 15) is 14.0 Å². The molecule has 1 aliphatic heterocycles. The fourth-order valence-corrected chi connectivity index (χ4v) is 3.77. The Morgan fingerprint density at radius 2 is 2.00 bits per heavy atom. The first-order valence-corrected chi connectivity index (χ1v) is 10.5. The number of hydrogen-bond acceptors (Lipinski definition) is 6. The van der Waals surface area contributed by atoms with Crippen molar-refractivity contribution in [3.63, 3.8) is 0 Å². The lowest BCUT2D eigenvalue weighted by Crippen LogP contribution is -2.46. The Morgan fingerprint density at radius 1 is 1.22 bits per heavy atom. The molecule has 0 spiro atoms. The fraction of sp³-hybridized carbons (Fsp3) is 0.409. The molecule has 0 saturated carbocycles. The van der Waals surface area contributed by atoms with E-state index >= 15 is 0 Å². The maximum absolute atomic E-state index is 13.9. The lowest BCUT2D eigenvalue weighted by Gasteiger charge is -2.27. The molecule has 0 radical (unpaired) electrons. The molecule has 32 heavy (non-hydrogen) atoms. The molecular weight excluding hydrogens is 413 g/mol. The molecule has 0 aliphatic carbocycles. The predicted octanol–water partition coefficient (Wildman–Crippen LogP) is 2.72. The van der Waals surface area contributed by atoms with Gasteiger partial charge in [-0.3, -0.25) is 25.4 Å². The average molecular weight is 439 g/mol. The zero-order valence-electron chi connectivity index (χ0n) is 18.5. The number of nitrogens with one attached hydrogen (secondary N) is 2. The van der Waals surface area contributed by atoms with Gasteiger partial charge in [-0.05, 0) is 37.5 Å². The Balaban J connectivity index is 1.61. The molecule has 3 aromatic heterocycles. The lowest BCUT2D eigenvalue weighted by atomic mass is 9.96.